The van der Waals surface area contributed by atoms with Crippen molar-refractivity contribution >= 4 is 16.7 Å². The maximum absolute atomic E-state index is 12.5. The highest BCUT2D eigenvalue weighted by atomic mass is 32.1. The standard InChI is InChI=1S/C14H16F3N3OS/c1-9(10-3-5-11(6-4-10)14(15,16)17)18-13-19-12(20-22-13)7-8-21-2/h3-6,9H,7-8H2,1-2H3,(H,18,19,20). The minimum atomic E-state index is -4.31. The summed E-state index contributed by atoms with van der Waals surface area (Å²) in [5.41, 5.74) is 0.0999. The van der Waals surface area contributed by atoms with Crippen LogP contribution in [0.4, 0.5) is 18.3 Å². The van der Waals surface area contributed by atoms with Crippen LogP contribution in [0.25, 0.3) is 0 Å². The summed E-state index contributed by atoms with van der Waals surface area (Å²) in [6.45, 7) is 2.41. The van der Waals surface area contributed by atoms with Gasteiger partial charge in [0.15, 0.2) is 0 Å². The minimum absolute atomic E-state index is 0.162. The van der Waals surface area contributed by atoms with E-state index in [-0.39, 0.29) is 6.04 Å². The highest BCUT2D eigenvalue weighted by molar-refractivity contribution is 7.09. The molecule has 8 heteroatoms. The van der Waals surface area contributed by atoms with Crippen LogP contribution < -0.4 is 5.32 Å². The molecule has 0 radical (unpaired) electrons. The quantitative estimate of drug-likeness (QED) is 0.871. The average Bonchev–Trinajstić information content (AvgIpc) is 2.92. The number of nitrogens with zero attached hydrogens (tertiary/aromatic N) is 2. The van der Waals surface area contributed by atoms with Crippen molar-refractivity contribution < 1.29 is 17.9 Å². The molecule has 4 nitrogen and oxygen atoms in total. The predicted octanol–water partition coefficient (Wildman–Crippen LogP) is 3.92. The summed E-state index contributed by atoms with van der Waals surface area (Å²) >= 11 is 1.22. The Morgan fingerprint density at radius 3 is 2.55 bits per heavy atom. The lowest BCUT2D eigenvalue weighted by molar-refractivity contribution is -0.137. The summed E-state index contributed by atoms with van der Waals surface area (Å²) < 4.78 is 46.7. The highest BCUT2D eigenvalue weighted by Crippen LogP contribution is 2.30. The van der Waals surface area contributed by atoms with Crippen LogP contribution in [0.3, 0.4) is 0 Å². The Bertz CT molecular complexity index is 598. The molecule has 22 heavy (non-hydrogen) atoms. The van der Waals surface area contributed by atoms with E-state index >= 15 is 0 Å². The topological polar surface area (TPSA) is 47.0 Å². The van der Waals surface area contributed by atoms with Crippen molar-refractivity contribution in [2.75, 3.05) is 19.0 Å². The van der Waals surface area contributed by atoms with Crippen LogP contribution >= 0.6 is 11.5 Å². The van der Waals surface area contributed by atoms with E-state index in [0.717, 1.165) is 17.7 Å². The van der Waals surface area contributed by atoms with Crippen molar-refractivity contribution in [3.8, 4) is 0 Å². The monoisotopic (exact) mass is 331 g/mol. The summed E-state index contributed by atoms with van der Waals surface area (Å²) in [4.78, 5) is 4.31. The van der Waals surface area contributed by atoms with Gasteiger partial charge < -0.3 is 10.1 Å². The van der Waals surface area contributed by atoms with E-state index in [1.54, 1.807) is 7.11 Å². The van der Waals surface area contributed by atoms with Crippen LogP contribution in [0, 0.1) is 0 Å². The Kier molecular flexibility index (Phi) is 5.36. The Balaban J connectivity index is 1.99. The second-order valence-electron chi connectivity index (χ2n) is 4.74. The maximum Gasteiger partial charge on any atom is 0.416 e. The minimum Gasteiger partial charge on any atom is -0.384 e. The molecule has 2 rings (SSSR count). The number of rotatable bonds is 6. The lowest BCUT2D eigenvalue weighted by atomic mass is 10.1. The van der Waals surface area contributed by atoms with Crippen LogP contribution in [-0.2, 0) is 17.3 Å². The number of nitrogens with one attached hydrogen (secondary N) is 1. The normalized spacial score (nSPS) is 13.1. The number of benzene rings is 1. The molecule has 0 aliphatic heterocycles. The molecule has 1 heterocycles. The molecule has 0 saturated heterocycles. The molecule has 0 aliphatic carbocycles. The molecule has 0 spiro atoms. The van der Waals surface area contributed by atoms with Crippen LogP contribution in [-0.4, -0.2) is 23.1 Å². The summed E-state index contributed by atoms with van der Waals surface area (Å²) in [5, 5.41) is 3.77. The van der Waals surface area contributed by atoms with Gasteiger partial charge in [0.25, 0.3) is 0 Å². The predicted molar refractivity (Wildman–Crippen MR) is 79.0 cm³/mol. The van der Waals surface area contributed by atoms with Crippen LogP contribution in [0.1, 0.15) is 29.9 Å². The maximum atomic E-state index is 12.5. The molecule has 0 bridgehead atoms. The third kappa shape index (κ3) is 4.41. The van der Waals surface area contributed by atoms with Gasteiger partial charge in [0.05, 0.1) is 18.2 Å². The first-order valence-electron chi connectivity index (χ1n) is 6.65. The number of aromatic nitrogens is 2. The molecule has 120 valence electrons. The van der Waals surface area contributed by atoms with Crippen LogP contribution in [0.5, 0.6) is 0 Å². The lowest BCUT2D eigenvalue weighted by Crippen LogP contribution is -2.08. The molecule has 0 saturated carbocycles. The zero-order chi connectivity index (χ0) is 16.2. The molecule has 0 aliphatic rings. The smallest absolute Gasteiger partial charge is 0.384 e. The van der Waals surface area contributed by atoms with Crippen molar-refractivity contribution in [1.29, 1.82) is 0 Å². The molecule has 1 aromatic carbocycles. The van der Waals surface area contributed by atoms with Gasteiger partial charge in [-0.05, 0) is 24.6 Å². The van der Waals surface area contributed by atoms with Crippen molar-refractivity contribution in [1.82, 2.24) is 9.36 Å². The molecule has 2 aromatic rings. The van der Waals surface area contributed by atoms with Crippen molar-refractivity contribution in [2.24, 2.45) is 0 Å². The molecule has 1 aromatic heterocycles. The molecule has 0 amide bonds. The van der Waals surface area contributed by atoms with Gasteiger partial charge in [-0.25, -0.2) is 4.98 Å². The average molecular weight is 331 g/mol. The van der Waals surface area contributed by atoms with Crippen LogP contribution in [0.2, 0.25) is 0 Å². The van der Waals surface area contributed by atoms with E-state index in [4.69, 9.17) is 4.74 Å². The number of halogens is 3. The Hall–Kier alpha value is -1.67. The number of alkyl halides is 3. The Morgan fingerprint density at radius 1 is 1.27 bits per heavy atom. The Morgan fingerprint density at radius 2 is 1.95 bits per heavy atom. The number of ether oxygens (including phenoxy) is 1. The fourth-order valence-corrected chi connectivity index (χ4v) is 2.54. The third-order valence-electron chi connectivity index (χ3n) is 3.08. The lowest BCUT2D eigenvalue weighted by Gasteiger charge is -2.14. The summed E-state index contributed by atoms with van der Waals surface area (Å²) in [7, 11) is 1.61. The van der Waals surface area contributed by atoms with Crippen LogP contribution in [0.15, 0.2) is 24.3 Å². The second-order valence-corrected chi connectivity index (χ2v) is 5.50. The first kappa shape index (κ1) is 16.7. The van der Waals surface area contributed by atoms with E-state index in [1.807, 2.05) is 6.92 Å². The SMILES string of the molecule is COCCc1nsc(NC(C)c2ccc(C(F)(F)F)cc2)n1. The second kappa shape index (κ2) is 7.06. The first-order valence-corrected chi connectivity index (χ1v) is 7.42. The van der Waals surface area contributed by atoms with Crippen molar-refractivity contribution in [3.05, 3.63) is 41.2 Å². The third-order valence-corrected chi connectivity index (χ3v) is 3.76. The number of hydrogen-bond donors (Lipinski definition) is 1. The Labute approximate surface area is 130 Å². The molecule has 1 N–H and O–H groups in total. The van der Waals surface area contributed by atoms with E-state index in [2.05, 4.69) is 14.7 Å². The molecule has 1 unspecified atom stereocenters. The van der Waals surface area contributed by atoms with E-state index in [1.165, 1.54) is 23.7 Å². The number of methoxy groups -OCH3 is 1. The number of anilines is 1. The fraction of sp³-hybridized carbons (Fsp3) is 0.429. The molecular weight excluding hydrogens is 315 g/mol. The summed E-state index contributed by atoms with van der Waals surface area (Å²) in [6, 6.07) is 4.93. The molecule has 1 atom stereocenters. The fourth-order valence-electron chi connectivity index (χ4n) is 1.84. The largest absolute Gasteiger partial charge is 0.416 e. The number of hydrogen-bond acceptors (Lipinski definition) is 5. The van der Waals surface area contributed by atoms with E-state index < -0.39 is 11.7 Å². The first-order chi connectivity index (χ1) is 10.4. The summed E-state index contributed by atoms with van der Waals surface area (Å²) in [5.74, 6) is 0.689. The molecule has 0 fully saturated rings. The van der Waals surface area contributed by atoms with E-state index in [9.17, 15) is 13.2 Å². The van der Waals surface area contributed by atoms with Crippen molar-refractivity contribution in [3.63, 3.8) is 0 Å². The zero-order valence-electron chi connectivity index (χ0n) is 12.1. The zero-order valence-corrected chi connectivity index (χ0v) is 13.0. The van der Waals surface area contributed by atoms with Gasteiger partial charge in [0.2, 0.25) is 5.13 Å². The van der Waals surface area contributed by atoms with Gasteiger partial charge in [0.1, 0.15) is 5.82 Å². The van der Waals surface area contributed by atoms with Gasteiger partial charge in [-0.15, -0.1) is 0 Å². The highest BCUT2D eigenvalue weighted by Gasteiger charge is 2.30. The van der Waals surface area contributed by atoms with Gasteiger partial charge in [-0.1, -0.05) is 12.1 Å². The molecular formula is C14H16F3N3OS. The van der Waals surface area contributed by atoms with Gasteiger partial charge in [0, 0.05) is 25.1 Å². The summed E-state index contributed by atoms with van der Waals surface area (Å²) in [6.07, 6.45) is -3.69. The van der Waals surface area contributed by atoms with E-state index in [0.29, 0.717) is 24.0 Å². The van der Waals surface area contributed by atoms with Gasteiger partial charge in [-0.2, -0.15) is 17.5 Å². The van der Waals surface area contributed by atoms with Gasteiger partial charge in [-0.3, -0.25) is 0 Å². The van der Waals surface area contributed by atoms with Gasteiger partial charge >= 0.3 is 6.18 Å². The van der Waals surface area contributed by atoms with Crippen molar-refractivity contribution in [2.45, 2.75) is 25.6 Å².